The van der Waals surface area contributed by atoms with Crippen molar-refractivity contribution in [2.75, 3.05) is 31.7 Å². The molecule has 0 saturated carbocycles. The number of fused-ring (bicyclic) bond motifs is 2. The Balaban J connectivity index is 1.11. The molecule has 1 amide bonds. The number of nitrogens with one attached hydrogen (secondary N) is 3. The number of ether oxygens (including phenoxy) is 4. The van der Waals surface area contributed by atoms with Gasteiger partial charge >= 0.3 is 5.97 Å². The lowest BCUT2D eigenvalue weighted by molar-refractivity contribution is -0.348. The van der Waals surface area contributed by atoms with Crippen molar-refractivity contribution in [2.45, 2.75) is 68.3 Å². The van der Waals surface area contributed by atoms with Crippen molar-refractivity contribution in [2.24, 2.45) is 0 Å². The molecule has 57 heavy (non-hydrogen) atoms. The summed E-state index contributed by atoms with van der Waals surface area (Å²) in [5.41, 5.74) is 1.37. The number of thiocarbonyl (C=S) groups is 1. The van der Waals surface area contributed by atoms with Gasteiger partial charge in [0.05, 0.1) is 25.4 Å². The summed E-state index contributed by atoms with van der Waals surface area (Å²) < 4.78 is 28.6. The molecule has 3 aliphatic heterocycles. The number of benzene rings is 3. The average molecular weight is 816 g/mol. The Labute approximate surface area is 328 Å². The predicted molar refractivity (Wildman–Crippen MR) is 201 cm³/mol. The van der Waals surface area contributed by atoms with E-state index >= 15 is 0 Å². The van der Waals surface area contributed by atoms with Crippen LogP contribution >= 0.6 is 12.2 Å². The van der Waals surface area contributed by atoms with Crippen molar-refractivity contribution in [3.8, 4) is 28.2 Å². The van der Waals surface area contributed by atoms with E-state index in [-0.39, 0.29) is 46.3 Å². The zero-order chi connectivity index (χ0) is 41.1. The van der Waals surface area contributed by atoms with Gasteiger partial charge in [0.15, 0.2) is 23.1 Å². The Bertz CT molecular complexity index is 2130. The van der Waals surface area contributed by atoms with Crippen LogP contribution in [0.5, 0.6) is 5.75 Å². The fraction of sp³-hybridized carbons (Fsp3) is 0.405. The number of phenols is 1. The quantitative estimate of drug-likeness (QED) is 0.0466. The molecule has 2 saturated heterocycles. The van der Waals surface area contributed by atoms with E-state index in [1.807, 2.05) is 0 Å². The first-order valence-corrected chi connectivity index (χ1v) is 18.0. The Kier molecular flexibility index (Phi) is 13.0. The van der Waals surface area contributed by atoms with Crippen molar-refractivity contribution in [3.63, 3.8) is 0 Å². The lowest BCUT2D eigenvalue weighted by atomic mass is 9.90. The van der Waals surface area contributed by atoms with Gasteiger partial charge in [-0.25, -0.2) is 4.79 Å². The lowest BCUT2D eigenvalue weighted by Gasteiger charge is -2.47. The molecule has 0 bridgehead atoms. The number of carboxylic acids is 1. The highest BCUT2D eigenvalue weighted by Gasteiger charge is 2.51. The van der Waals surface area contributed by atoms with Gasteiger partial charge in [0.25, 0.3) is 0 Å². The van der Waals surface area contributed by atoms with Crippen LogP contribution in [0.15, 0.2) is 63.8 Å². The molecular formula is C37H41N3O16S. The summed E-state index contributed by atoms with van der Waals surface area (Å²) in [6.07, 6.45) is -14.0. The summed E-state index contributed by atoms with van der Waals surface area (Å²) in [7, 11) is 0. The van der Waals surface area contributed by atoms with Gasteiger partial charge in [-0.3, -0.25) is 9.59 Å². The predicted octanol–water partition coefficient (Wildman–Crippen LogP) is -0.960. The number of carboxylic acid groups (broad SMARTS) is 1. The van der Waals surface area contributed by atoms with Crippen molar-refractivity contribution in [3.05, 3.63) is 70.4 Å². The van der Waals surface area contributed by atoms with Crippen LogP contribution in [0.2, 0.25) is 0 Å². The molecule has 3 heterocycles. The van der Waals surface area contributed by atoms with E-state index in [0.717, 1.165) is 0 Å². The van der Waals surface area contributed by atoms with E-state index in [0.29, 0.717) is 27.8 Å². The third-order valence-electron chi connectivity index (χ3n) is 9.49. The highest BCUT2D eigenvalue weighted by Crippen LogP contribution is 2.42. The van der Waals surface area contributed by atoms with E-state index in [4.69, 9.17) is 35.6 Å². The van der Waals surface area contributed by atoms with Crippen molar-refractivity contribution >= 4 is 45.9 Å². The first-order valence-electron chi connectivity index (χ1n) is 17.6. The molecule has 306 valence electrons. The Hall–Kier alpha value is -4.84. The molecule has 20 heteroatoms. The van der Waals surface area contributed by atoms with Crippen molar-refractivity contribution in [1.82, 2.24) is 10.6 Å². The number of amides is 1. The number of aliphatic hydroxyl groups excluding tert-OH is 6. The molecule has 10 atom stereocenters. The average Bonchev–Trinajstić information content (AvgIpc) is 3.17. The van der Waals surface area contributed by atoms with E-state index in [1.54, 1.807) is 24.3 Å². The minimum Gasteiger partial charge on any atom is -0.508 e. The highest BCUT2D eigenvalue weighted by atomic mass is 32.1. The maximum absolute atomic E-state index is 12.6. The first kappa shape index (κ1) is 41.8. The highest BCUT2D eigenvalue weighted by molar-refractivity contribution is 7.80. The van der Waals surface area contributed by atoms with Crippen LogP contribution in [-0.4, -0.2) is 146 Å². The van der Waals surface area contributed by atoms with Crippen LogP contribution in [0, 0.1) is 0 Å². The molecule has 1 aliphatic carbocycles. The van der Waals surface area contributed by atoms with Gasteiger partial charge in [-0.2, -0.15) is 0 Å². The number of aromatic carboxylic acids is 1. The van der Waals surface area contributed by atoms with Gasteiger partial charge in [0, 0.05) is 47.8 Å². The van der Waals surface area contributed by atoms with Gasteiger partial charge in [0.1, 0.15) is 65.9 Å². The van der Waals surface area contributed by atoms with Crippen LogP contribution in [0.1, 0.15) is 17.3 Å². The standard InChI is InChI=1S/C37H41N3O16S/c1-15(43)39-28-30(47)33(56-36-32(49)31(48)29(46)25(13-41)54-36)26(14-42)55-35(28)52-9-8-38-37(57)40-16-2-5-19(22(10-16)34(50)51)27-20-6-3-17(44)11-23(20)53-24-12-18(45)4-7-21(24)27/h2-7,10-12,25-26,28-33,35-36,41-42,44,46-49H,8-9,13-14H2,1H3,(H,39,43)(H,50,51)(H2,38,40,57)/t25?,26?,28?,29-,30+,31-,32?,33+,35+,36-/m0/s1. The molecule has 11 N–H and O–H groups in total. The largest absolute Gasteiger partial charge is 0.508 e. The third kappa shape index (κ3) is 9.01. The van der Waals surface area contributed by atoms with Crippen LogP contribution in [0.3, 0.4) is 0 Å². The fourth-order valence-electron chi connectivity index (χ4n) is 6.78. The number of phenolic OH excluding ortho intramolecular Hbond substituents is 1. The molecule has 2 aromatic carbocycles. The number of carbonyl (C=O) groups is 2. The zero-order valence-corrected chi connectivity index (χ0v) is 30.9. The number of hydrogen-bond donors (Lipinski definition) is 11. The van der Waals surface area contributed by atoms with Gasteiger partial charge in [-0.1, -0.05) is 6.07 Å². The molecular weight excluding hydrogens is 774 g/mol. The van der Waals surface area contributed by atoms with Gasteiger partial charge in [0.2, 0.25) is 5.91 Å². The zero-order valence-electron chi connectivity index (χ0n) is 30.1. The molecule has 4 aliphatic rings. The Morgan fingerprint density at radius 2 is 1.58 bits per heavy atom. The number of aliphatic hydroxyl groups is 6. The normalized spacial score (nSPS) is 27.6. The molecule has 0 aromatic heterocycles. The molecule has 2 fully saturated rings. The molecule has 6 rings (SSSR count). The second kappa shape index (κ2) is 17.7. The third-order valence-corrected chi connectivity index (χ3v) is 9.73. The molecule has 4 unspecified atom stereocenters. The maximum Gasteiger partial charge on any atom is 0.336 e. The van der Waals surface area contributed by atoms with Gasteiger partial charge in [-0.15, -0.1) is 0 Å². The summed E-state index contributed by atoms with van der Waals surface area (Å²) >= 11 is 5.41. The van der Waals surface area contributed by atoms with E-state index in [9.17, 15) is 55.2 Å². The molecule has 0 spiro atoms. The second-order valence-corrected chi connectivity index (χ2v) is 13.8. The van der Waals surface area contributed by atoms with Crippen molar-refractivity contribution < 1.29 is 73.8 Å². The minimum atomic E-state index is -1.81. The summed E-state index contributed by atoms with van der Waals surface area (Å²) in [6.45, 7) is -0.382. The van der Waals surface area contributed by atoms with Gasteiger partial charge < -0.3 is 80.2 Å². The van der Waals surface area contributed by atoms with Crippen LogP contribution < -0.4 is 21.4 Å². The first-order chi connectivity index (χ1) is 27.2. The number of rotatable bonds is 12. The van der Waals surface area contributed by atoms with Gasteiger partial charge in [-0.05, 0) is 54.2 Å². The van der Waals surface area contributed by atoms with E-state index < -0.39 is 86.4 Å². The second-order valence-electron chi connectivity index (χ2n) is 13.4. The number of anilines is 1. The van der Waals surface area contributed by atoms with Crippen LogP contribution in [-0.2, 0) is 23.7 Å². The summed E-state index contributed by atoms with van der Waals surface area (Å²) in [4.78, 5) is 36.8. The lowest BCUT2D eigenvalue weighted by Crippen LogP contribution is -2.67. The van der Waals surface area contributed by atoms with E-state index in [1.165, 1.54) is 37.3 Å². The van der Waals surface area contributed by atoms with Crippen LogP contribution in [0.25, 0.3) is 33.4 Å². The summed E-state index contributed by atoms with van der Waals surface area (Å²) in [5, 5.41) is 90.8. The summed E-state index contributed by atoms with van der Waals surface area (Å²) in [5.74, 6) is -1.72. The topological polar surface area (TPSA) is 299 Å². The number of aromatic hydroxyl groups is 1. The van der Waals surface area contributed by atoms with Crippen molar-refractivity contribution in [1.29, 1.82) is 0 Å². The number of carbonyl (C=O) groups excluding carboxylic acids is 1. The van der Waals surface area contributed by atoms with Crippen LogP contribution in [0.4, 0.5) is 5.69 Å². The Morgan fingerprint density at radius 3 is 2.28 bits per heavy atom. The Morgan fingerprint density at radius 1 is 0.860 bits per heavy atom. The SMILES string of the molecule is CC(=O)NC1[C@H](OCCNC(=S)Nc2ccc(-c3c4ccc(=O)cc-4oc4cc(O)ccc34)c(C(=O)O)c2)OC(CO)[C@@H](O[C@@H]2OC(CO)[C@H](O)[C@H](O)C2O)[C@@H]1O. The number of hydrogen-bond acceptors (Lipinski definition) is 16. The van der Waals surface area contributed by atoms with E-state index in [2.05, 4.69) is 16.0 Å². The molecule has 0 radical (unpaired) electrons. The monoisotopic (exact) mass is 815 g/mol. The minimum absolute atomic E-state index is 0.0348. The smallest absolute Gasteiger partial charge is 0.336 e. The molecule has 19 nitrogen and oxygen atoms in total. The molecule has 2 aromatic rings. The summed E-state index contributed by atoms with van der Waals surface area (Å²) in [6, 6.07) is 11.8. The maximum atomic E-state index is 12.6. The fourth-order valence-corrected chi connectivity index (χ4v) is 7.00.